The zero-order valence-electron chi connectivity index (χ0n) is 5.28. The Bertz CT molecular complexity index is 176. The maximum atomic E-state index is 10.3. The van der Waals surface area contributed by atoms with Gasteiger partial charge in [0.15, 0.2) is 0 Å². The molecule has 10 heavy (non-hydrogen) atoms. The maximum Gasteiger partial charge on any atom is 0.331 e. The molecule has 0 aromatic heterocycles. The first-order valence-corrected chi connectivity index (χ1v) is 3.44. The van der Waals surface area contributed by atoms with Crippen LogP contribution in [0.5, 0.6) is 0 Å². The summed E-state index contributed by atoms with van der Waals surface area (Å²) in [5, 5.41) is 8.50. The first kappa shape index (κ1) is 7.63. The van der Waals surface area contributed by atoms with Crippen LogP contribution in [0.25, 0.3) is 0 Å². The monoisotopic (exact) mass is 160 g/mol. The topological polar surface area (TPSA) is 46.5 Å². The van der Waals surface area contributed by atoms with Crippen LogP contribution in [-0.2, 0) is 9.53 Å². The lowest BCUT2D eigenvalue weighted by atomic mass is 10.1. The predicted molar refractivity (Wildman–Crippen MR) is 39.1 cm³/mol. The number of carboxylic acid groups (broad SMARTS) is 1. The van der Waals surface area contributed by atoms with Gasteiger partial charge in [0.25, 0.3) is 0 Å². The van der Waals surface area contributed by atoms with Crippen LogP contribution < -0.4 is 0 Å². The largest absolute Gasteiger partial charge is 0.478 e. The molecule has 4 heteroatoms. The fourth-order valence-electron chi connectivity index (χ4n) is 0.765. The van der Waals surface area contributed by atoms with Gasteiger partial charge in [0, 0.05) is 12.0 Å². The summed E-state index contributed by atoms with van der Waals surface area (Å²) >= 11 is 3.99. The van der Waals surface area contributed by atoms with Gasteiger partial charge in [0.1, 0.15) is 5.44 Å². The molecule has 0 fully saturated rings. The van der Waals surface area contributed by atoms with E-state index in [0.717, 1.165) is 0 Å². The Morgan fingerprint density at radius 2 is 2.60 bits per heavy atom. The van der Waals surface area contributed by atoms with E-state index in [4.69, 9.17) is 9.84 Å². The zero-order chi connectivity index (χ0) is 7.56. The van der Waals surface area contributed by atoms with Gasteiger partial charge in [-0.1, -0.05) is 0 Å². The molecule has 1 aliphatic rings. The van der Waals surface area contributed by atoms with E-state index in [9.17, 15) is 4.79 Å². The molecular weight excluding hydrogens is 152 g/mol. The summed E-state index contributed by atoms with van der Waals surface area (Å²) in [5.41, 5.74) is 0.141. The molecule has 0 radical (unpaired) electrons. The minimum Gasteiger partial charge on any atom is -0.478 e. The fraction of sp³-hybridized carbons (Fsp3) is 0.500. The molecule has 1 rings (SSSR count). The number of rotatable bonds is 1. The molecule has 1 unspecified atom stereocenters. The van der Waals surface area contributed by atoms with Crippen molar-refractivity contribution in [3.05, 3.63) is 11.6 Å². The van der Waals surface area contributed by atoms with Crippen LogP contribution in [0.2, 0.25) is 0 Å². The van der Waals surface area contributed by atoms with Crippen molar-refractivity contribution >= 4 is 18.6 Å². The number of carboxylic acids is 1. The highest BCUT2D eigenvalue weighted by Crippen LogP contribution is 2.16. The lowest BCUT2D eigenvalue weighted by Crippen LogP contribution is -2.16. The van der Waals surface area contributed by atoms with Crippen molar-refractivity contribution in [2.75, 3.05) is 6.61 Å². The molecule has 0 aromatic carbocycles. The third-order valence-electron chi connectivity index (χ3n) is 1.29. The highest BCUT2D eigenvalue weighted by atomic mass is 32.1. The second-order valence-corrected chi connectivity index (χ2v) is 2.60. The smallest absolute Gasteiger partial charge is 0.331 e. The normalized spacial score (nSPS) is 25.7. The van der Waals surface area contributed by atoms with E-state index in [1.54, 1.807) is 6.08 Å². The van der Waals surface area contributed by atoms with Gasteiger partial charge in [0.2, 0.25) is 0 Å². The maximum absolute atomic E-state index is 10.3. The van der Waals surface area contributed by atoms with Gasteiger partial charge in [-0.15, -0.1) is 12.6 Å². The zero-order valence-corrected chi connectivity index (χ0v) is 6.17. The number of hydrogen-bond donors (Lipinski definition) is 2. The average molecular weight is 160 g/mol. The number of aliphatic carboxylic acids is 1. The van der Waals surface area contributed by atoms with Crippen molar-refractivity contribution in [2.24, 2.45) is 0 Å². The Kier molecular flexibility index (Phi) is 2.34. The molecular formula is C6H8O3S. The molecule has 1 N–H and O–H groups in total. The van der Waals surface area contributed by atoms with E-state index >= 15 is 0 Å². The summed E-state index contributed by atoms with van der Waals surface area (Å²) in [6.45, 7) is 0.357. The van der Waals surface area contributed by atoms with Crippen molar-refractivity contribution < 1.29 is 14.6 Å². The van der Waals surface area contributed by atoms with Gasteiger partial charge in [-0.2, -0.15) is 0 Å². The van der Waals surface area contributed by atoms with Crippen molar-refractivity contribution in [3.8, 4) is 0 Å². The second-order valence-electron chi connectivity index (χ2n) is 2.03. The van der Waals surface area contributed by atoms with Gasteiger partial charge >= 0.3 is 5.97 Å². The quantitative estimate of drug-likeness (QED) is 0.554. The van der Waals surface area contributed by atoms with E-state index in [0.29, 0.717) is 18.6 Å². The third kappa shape index (κ3) is 1.75. The van der Waals surface area contributed by atoms with Crippen LogP contribution in [0.1, 0.15) is 6.42 Å². The minimum absolute atomic E-state index is 0.254. The van der Waals surface area contributed by atoms with Crippen molar-refractivity contribution in [3.63, 3.8) is 0 Å². The molecule has 3 nitrogen and oxygen atoms in total. The molecule has 0 bridgehead atoms. The van der Waals surface area contributed by atoms with Crippen LogP contribution in [0.3, 0.4) is 0 Å². The molecule has 0 saturated carbocycles. The number of carbonyl (C=O) groups is 1. The van der Waals surface area contributed by atoms with E-state index in [2.05, 4.69) is 12.6 Å². The highest BCUT2D eigenvalue weighted by molar-refractivity contribution is 7.80. The Hall–Kier alpha value is -0.480. The van der Waals surface area contributed by atoms with Gasteiger partial charge in [-0.25, -0.2) is 4.79 Å². The first-order valence-electron chi connectivity index (χ1n) is 2.92. The Morgan fingerprint density at radius 3 is 3.00 bits per heavy atom. The summed E-state index contributed by atoms with van der Waals surface area (Å²) in [4.78, 5) is 10.3. The lowest BCUT2D eigenvalue weighted by molar-refractivity contribution is -0.133. The van der Waals surface area contributed by atoms with E-state index in [1.807, 2.05) is 0 Å². The number of hydrogen-bond acceptors (Lipinski definition) is 3. The minimum atomic E-state index is -0.873. The number of thiol groups is 1. The summed E-state index contributed by atoms with van der Waals surface area (Å²) in [6.07, 6.45) is 1.95. The van der Waals surface area contributed by atoms with E-state index in [1.165, 1.54) is 0 Å². The van der Waals surface area contributed by atoms with E-state index < -0.39 is 5.97 Å². The van der Waals surface area contributed by atoms with Crippen molar-refractivity contribution in [2.45, 2.75) is 11.9 Å². The summed E-state index contributed by atoms with van der Waals surface area (Å²) < 4.78 is 4.98. The van der Waals surface area contributed by atoms with E-state index in [-0.39, 0.29) is 5.44 Å². The average Bonchev–Trinajstić information content (AvgIpc) is 1.88. The molecule has 1 atom stereocenters. The molecule has 0 aromatic rings. The van der Waals surface area contributed by atoms with Gasteiger partial charge < -0.3 is 9.84 Å². The highest BCUT2D eigenvalue weighted by Gasteiger charge is 2.16. The van der Waals surface area contributed by atoms with Gasteiger partial charge in [0.05, 0.1) is 6.61 Å². The summed E-state index contributed by atoms with van der Waals surface area (Å²) in [5.74, 6) is -0.873. The van der Waals surface area contributed by atoms with Crippen LogP contribution in [0, 0.1) is 0 Å². The SMILES string of the molecule is O=C(O)C1=CCOC(S)C1. The Morgan fingerprint density at radius 1 is 1.90 bits per heavy atom. The molecule has 1 heterocycles. The fourth-order valence-corrected chi connectivity index (χ4v) is 1.05. The van der Waals surface area contributed by atoms with Gasteiger partial charge in [-0.05, 0) is 6.08 Å². The standard InChI is InChI=1S/C6H8O3S/c7-6(8)4-1-2-9-5(10)3-4/h1,5,10H,2-3H2,(H,7,8). The Balaban J connectivity index is 2.60. The first-order chi connectivity index (χ1) is 4.70. The van der Waals surface area contributed by atoms with Crippen LogP contribution >= 0.6 is 12.6 Å². The third-order valence-corrected chi connectivity index (χ3v) is 1.62. The molecule has 0 saturated heterocycles. The van der Waals surface area contributed by atoms with Crippen LogP contribution in [0.15, 0.2) is 11.6 Å². The van der Waals surface area contributed by atoms with Crippen molar-refractivity contribution in [1.29, 1.82) is 0 Å². The van der Waals surface area contributed by atoms with Crippen LogP contribution in [0.4, 0.5) is 0 Å². The second kappa shape index (κ2) is 3.07. The van der Waals surface area contributed by atoms with Crippen molar-refractivity contribution in [1.82, 2.24) is 0 Å². The lowest BCUT2D eigenvalue weighted by Gasteiger charge is -2.16. The number of ether oxygens (including phenoxy) is 1. The Labute approximate surface area is 64.1 Å². The molecule has 56 valence electrons. The molecule has 0 spiro atoms. The molecule has 0 amide bonds. The molecule has 0 aliphatic carbocycles. The van der Waals surface area contributed by atoms with Gasteiger partial charge in [-0.3, -0.25) is 0 Å². The predicted octanol–water partition coefficient (Wildman–Crippen LogP) is 0.674. The summed E-state index contributed by atoms with van der Waals surface area (Å²) in [6, 6.07) is 0. The summed E-state index contributed by atoms with van der Waals surface area (Å²) in [7, 11) is 0. The van der Waals surface area contributed by atoms with Crippen LogP contribution in [-0.4, -0.2) is 23.1 Å². The molecule has 1 aliphatic heterocycles.